The Morgan fingerprint density at radius 2 is 1.30 bits per heavy atom. The minimum atomic E-state index is 0.0523. The largest absolute Gasteiger partial charge is 0.316 e. The Balaban J connectivity index is 1.94. The zero-order valence-corrected chi connectivity index (χ0v) is 12.5. The molecule has 0 amide bonds. The Bertz CT molecular complexity index is 969. The first kappa shape index (κ1) is 13.5. The number of para-hydroxylation sites is 2. The van der Waals surface area contributed by atoms with Crippen LogP contribution in [0.5, 0.6) is 0 Å². The third-order valence-electron chi connectivity index (χ3n) is 4.03. The molecule has 0 saturated carbocycles. The third-order valence-corrected chi connectivity index (χ3v) is 4.03. The summed E-state index contributed by atoms with van der Waals surface area (Å²) in [5.41, 5.74) is 3.54. The smallest absolute Gasteiger partial charge is 0.195 e. The number of fused-ring (bicyclic) bond motifs is 1. The molecule has 0 saturated heterocycles. The van der Waals surface area contributed by atoms with E-state index in [1.165, 1.54) is 0 Å². The van der Waals surface area contributed by atoms with E-state index in [-0.39, 0.29) is 5.78 Å². The molecule has 0 atom stereocenters. The van der Waals surface area contributed by atoms with Crippen LogP contribution in [0.15, 0.2) is 91.1 Å². The summed E-state index contributed by atoms with van der Waals surface area (Å²) in [5.74, 6) is 0.0523. The van der Waals surface area contributed by atoms with Gasteiger partial charge in [0.05, 0.1) is 5.52 Å². The van der Waals surface area contributed by atoms with Gasteiger partial charge in [0.25, 0.3) is 0 Å². The van der Waals surface area contributed by atoms with Crippen molar-refractivity contribution in [2.45, 2.75) is 0 Å². The van der Waals surface area contributed by atoms with Gasteiger partial charge in [0.2, 0.25) is 0 Å². The van der Waals surface area contributed by atoms with Crippen LogP contribution in [0.2, 0.25) is 0 Å². The molecular formula is C21H15NO. The Labute approximate surface area is 134 Å². The molecule has 0 aliphatic heterocycles. The Hall–Kier alpha value is -3.13. The highest BCUT2D eigenvalue weighted by molar-refractivity contribution is 6.16. The Kier molecular flexibility index (Phi) is 3.28. The number of benzene rings is 3. The number of hydrogen-bond acceptors (Lipinski definition) is 1. The van der Waals surface area contributed by atoms with Crippen molar-refractivity contribution >= 4 is 16.7 Å². The number of ketones is 1. The maximum Gasteiger partial charge on any atom is 0.195 e. The molecule has 0 aliphatic carbocycles. The van der Waals surface area contributed by atoms with E-state index in [4.69, 9.17) is 0 Å². The van der Waals surface area contributed by atoms with Gasteiger partial charge in [-0.05, 0) is 18.2 Å². The van der Waals surface area contributed by atoms with Crippen LogP contribution in [0.1, 0.15) is 15.9 Å². The summed E-state index contributed by atoms with van der Waals surface area (Å²) in [7, 11) is 0. The lowest BCUT2D eigenvalue weighted by Crippen LogP contribution is -2.00. The van der Waals surface area contributed by atoms with Gasteiger partial charge in [-0.25, -0.2) is 0 Å². The SMILES string of the molecule is O=C(c1ccccc1)c1cn(-c2ccccc2)c2ccccc12. The lowest BCUT2D eigenvalue weighted by Gasteiger charge is -2.04. The molecule has 23 heavy (non-hydrogen) atoms. The molecule has 0 unspecified atom stereocenters. The normalized spacial score (nSPS) is 10.8. The van der Waals surface area contributed by atoms with Gasteiger partial charge >= 0.3 is 0 Å². The molecule has 0 spiro atoms. The second-order valence-corrected chi connectivity index (χ2v) is 5.46. The summed E-state index contributed by atoms with van der Waals surface area (Å²) >= 11 is 0. The first-order valence-corrected chi connectivity index (χ1v) is 7.60. The van der Waals surface area contributed by atoms with E-state index in [2.05, 4.69) is 4.57 Å². The predicted octanol–water partition coefficient (Wildman–Crippen LogP) is 4.86. The number of aromatic nitrogens is 1. The van der Waals surface area contributed by atoms with Crippen LogP contribution in [-0.2, 0) is 0 Å². The van der Waals surface area contributed by atoms with Crippen LogP contribution in [0, 0.1) is 0 Å². The van der Waals surface area contributed by atoms with Gasteiger partial charge in [0.15, 0.2) is 5.78 Å². The molecule has 1 aromatic heterocycles. The van der Waals surface area contributed by atoms with Gasteiger partial charge in [-0.3, -0.25) is 4.79 Å². The van der Waals surface area contributed by atoms with Crippen LogP contribution in [0.3, 0.4) is 0 Å². The summed E-state index contributed by atoms with van der Waals surface area (Å²) in [4.78, 5) is 12.9. The van der Waals surface area contributed by atoms with Crippen LogP contribution >= 0.6 is 0 Å². The minimum absolute atomic E-state index is 0.0523. The fourth-order valence-electron chi connectivity index (χ4n) is 2.91. The molecule has 4 aromatic rings. The number of carbonyl (C=O) groups is 1. The standard InChI is InChI=1S/C21H15NO/c23-21(16-9-3-1-4-10-16)19-15-22(17-11-5-2-6-12-17)20-14-8-7-13-18(19)20/h1-15H. The number of rotatable bonds is 3. The minimum Gasteiger partial charge on any atom is -0.316 e. The molecule has 110 valence electrons. The van der Waals surface area contributed by atoms with Crippen LogP contribution in [0.25, 0.3) is 16.6 Å². The van der Waals surface area contributed by atoms with E-state index >= 15 is 0 Å². The molecular weight excluding hydrogens is 282 g/mol. The first-order chi connectivity index (χ1) is 11.3. The zero-order chi connectivity index (χ0) is 15.6. The molecule has 0 bridgehead atoms. The highest BCUT2D eigenvalue weighted by Crippen LogP contribution is 2.26. The Morgan fingerprint density at radius 1 is 0.696 bits per heavy atom. The summed E-state index contributed by atoms with van der Waals surface area (Å²) < 4.78 is 2.07. The van der Waals surface area contributed by atoms with Gasteiger partial charge in [0.1, 0.15) is 0 Å². The van der Waals surface area contributed by atoms with Gasteiger partial charge in [-0.15, -0.1) is 0 Å². The Morgan fingerprint density at radius 3 is 2.04 bits per heavy atom. The van der Waals surface area contributed by atoms with Gasteiger partial charge < -0.3 is 4.57 Å². The highest BCUT2D eigenvalue weighted by Gasteiger charge is 2.16. The maximum absolute atomic E-state index is 12.9. The quantitative estimate of drug-likeness (QED) is 0.495. The molecule has 1 heterocycles. The maximum atomic E-state index is 12.9. The van der Waals surface area contributed by atoms with Crippen molar-refractivity contribution in [3.05, 3.63) is 102 Å². The van der Waals surface area contributed by atoms with Crippen molar-refractivity contribution in [3.8, 4) is 5.69 Å². The average molecular weight is 297 g/mol. The fourth-order valence-corrected chi connectivity index (χ4v) is 2.91. The summed E-state index contributed by atoms with van der Waals surface area (Å²) in [6.07, 6.45) is 1.94. The highest BCUT2D eigenvalue weighted by atomic mass is 16.1. The van der Waals surface area contributed by atoms with Crippen molar-refractivity contribution in [1.82, 2.24) is 4.57 Å². The summed E-state index contributed by atoms with van der Waals surface area (Å²) in [6, 6.07) is 27.5. The number of hydrogen-bond donors (Lipinski definition) is 0. The topological polar surface area (TPSA) is 22.0 Å². The van der Waals surface area contributed by atoms with Gasteiger partial charge in [-0.2, -0.15) is 0 Å². The molecule has 0 aliphatic rings. The first-order valence-electron chi connectivity index (χ1n) is 7.60. The monoisotopic (exact) mass is 297 g/mol. The van der Waals surface area contributed by atoms with E-state index < -0.39 is 0 Å². The van der Waals surface area contributed by atoms with Crippen LogP contribution < -0.4 is 0 Å². The molecule has 2 heteroatoms. The zero-order valence-electron chi connectivity index (χ0n) is 12.5. The van der Waals surface area contributed by atoms with E-state index in [1.807, 2.05) is 91.1 Å². The van der Waals surface area contributed by atoms with Gasteiger partial charge in [-0.1, -0.05) is 66.7 Å². The van der Waals surface area contributed by atoms with Crippen molar-refractivity contribution in [3.63, 3.8) is 0 Å². The predicted molar refractivity (Wildman–Crippen MR) is 93.1 cm³/mol. The lowest BCUT2D eigenvalue weighted by molar-refractivity contribution is 0.104. The summed E-state index contributed by atoms with van der Waals surface area (Å²) in [5, 5.41) is 0.977. The van der Waals surface area contributed by atoms with E-state index in [1.54, 1.807) is 0 Å². The second kappa shape index (κ2) is 5.58. The molecule has 0 fully saturated rings. The molecule has 0 N–H and O–H groups in total. The second-order valence-electron chi connectivity index (χ2n) is 5.46. The number of nitrogens with zero attached hydrogens (tertiary/aromatic N) is 1. The third kappa shape index (κ3) is 2.34. The van der Waals surface area contributed by atoms with Crippen molar-refractivity contribution < 1.29 is 4.79 Å². The molecule has 3 aromatic carbocycles. The molecule has 0 radical (unpaired) electrons. The van der Waals surface area contributed by atoms with E-state index in [9.17, 15) is 4.79 Å². The van der Waals surface area contributed by atoms with Crippen LogP contribution in [0.4, 0.5) is 0 Å². The fraction of sp³-hybridized carbons (Fsp3) is 0. The van der Waals surface area contributed by atoms with Crippen molar-refractivity contribution in [1.29, 1.82) is 0 Å². The van der Waals surface area contributed by atoms with Crippen molar-refractivity contribution in [2.24, 2.45) is 0 Å². The summed E-state index contributed by atoms with van der Waals surface area (Å²) in [6.45, 7) is 0. The molecule has 4 rings (SSSR count). The molecule has 2 nitrogen and oxygen atoms in total. The van der Waals surface area contributed by atoms with Crippen LogP contribution in [-0.4, -0.2) is 10.4 Å². The van der Waals surface area contributed by atoms with Crippen molar-refractivity contribution in [2.75, 3.05) is 0 Å². The van der Waals surface area contributed by atoms with Gasteiger partial charge in [0, 0.05) is 28.4 Å². The lowest BCUT2D eigenvalue weighted by atomic mass is 10.0. The average Bonchev–Trinajstić information content (AvgIpc) is 3.02. The van der Waals surface area contributed by atoms with E-state index in [0.29, 0.717) is 5.56 Å². The van der Waals surface area contributed by atoms with E-state index in [0.717, 1.165) is 22.2 Å². The number of carbonyl (C=O) groups excluding carboxylic acids is 1.